The summed E-state index contributed by atoms with van der Waals surface area (Å²) in [6, 6.07) is 11.4. The summed E-state index contributed by atoms with van der Waals surface area (Å²) in [5.74, 6) is 0. The van der Waals surface area contributed by atoms with Gasteiger partial charge in [-0.2, -0.15) is 5.26 Å². The lowest BCUT2D eigenvalue weighted by atomic mass is 10.0. The summed E-state index contributed by atoms with van der Waals surface area (Å²) in [5, 5.41) is 9.00. The number of rotatable bonds is 2. The number of carbonyl (C=O) groups is 1. The molecule has 0 spiro atoms. The molecule has 4 nitrogen and oxygen atoms in total. The first-order chi connectivity index (χ1) is 8.81. The molecule has 1 aliphatic heterocycles. The molecule has 0 aromatic heterocycles. The van der Waals surface area contributed by atoms with E-state index in [0.717, 1.165) is 24.8 Å². The van der Waals surface area contributed by atoms with Gasteiger partial charge in [-0.1, -0.05) is 30.3 Å². The second-order valence-electron chi connectivity index (χ2n) is 4.37. The van der Waals surface area contributed by atoms with Crippen LogP contribution in [0.3, 0.4) is 0 Å². The van der Waals surface area contributed by atoms with Gasteiger partial charge in [0.25, 0.3) is 0 Å². The van der Waals surface area contributed by atoms with Gasteiger partial charge in [0.05, 0.1) is 6.07 Å². The maximum Gasteiger partial charge on any atom is 0.411 e. The first-order valence-corrected chi connectivity index (χ1v) is 6.18. The van der Waals surface area contributed by atoms with Crippen molar-refractivity contribution in [2.75, 3.05) is 6.54 Å². The zero-order valence-corrected chi connectivity index (χ0v) is 10.2. The zero-order chi connectivity index (χ0) is 12.8. The van der Waals surface area contributed by atoms with Crippen LogP contribution in [0.2, 0.25) is 0 Å². The molecule has 1 saturated heterocycles. The molecule has 1 atom stereocenters. The van der Waals surface area contributed by atoms with Crippen molar-refractivity contribution in [2.24, 2.45) is 0 Å². The molecule has 1 heterocycles. The number of benzene rings is 1. The van der Waals surface area contributed by atoms with E-state index in [1.807, 2.05) is 30.3 Å². The lowest BCUT2D eigenvalue weighted by Crippen LogP contribution is -2.43. The fraction of sp³-hybridized carbons (Fsp3) is 0.429. The number of hydrogen-bond donors (Lipinski definition) is 0. The van der Waals surface area contributed by atoms with Gasteiger partial charge >= 0.3 is 6.09 Å². The molecule has 1 amide bonds. The Bertz CT molecular complexity index is 439. The quantitative estimate of drug-likeness (QED) is 0.803. The van der Waals surface area contributed by atoms with E-state index in [-0.39, 0.29) is 18.7 Å². The molecule has 0 N–H and O–H groups in total. The van der Waals surface area contributed by atoms with Gasteiger partial charge in [0.15, 0.2) is 0 Å². The van der Waals surface area contributed by atoms with Crippen LogP contribution >= 0.6 is 0 Å². The average Bonchev–Trinajstić information content (AvgIpc) is 2.45. The molecule has 1 aromatic carbocycles. The molecular weight excluding hydrogens is 228 g/mol. The largest absolute Gasteiger partial charge is 0.445 e. The van der Waals surface area contributed by atoms with Crippen molar-refractivity contribution in [1.82, 2.24) is 4.90 Å². The summed E-state index contributed by atoms with van der Waals surface area (Å²) in [7, 11) is 0. The van der Waals surface area contributed by atoms with E-state index in [4.69, 9.17) is 10.00 Å². The Labute approximate surface area is 107 Å². The predicted molar refractivity (Wildman–Crippen MR) is 66.6 cm³/mol. The SMILES string of the molecule is N#CC1CCCCN1C(=O)OCc1ccccc1. The second kappa shape index (κ2) is 6.06. The van der Waals surface area contributed by atoms with Crippen molar-refractivity contribution in [2.45, 2.75) is 31.9 Å². The topological polar surface area (TPSA) is 53.3 Å². The van der Waals surface area contributed by atoms with Crippen LogP contribution in [-0.4, -0.2) is 23.6 Å². The third-order valence-electron chi connectivity index (χ3n) is 3.09. The number of ether oxygens (including phenoxy) is 1. The maximum atomic E-state index is 11.9. The van der Waals surface area contributed by atoms with Crippen LogP contribution in [0.5, 0.6) is 0 Å². The minimum absolute atomic E-state index is 0.258. The van der Waals surface area contributed by atoms with Gasteiger partial charge in [-0.25, -0.2) is 4.79 Å². The Morgan fingerprint density at radius 2 is 2.17 bits per heavy atom. The number of carbonyl (C=O) groups excluding carboxylic acids is 1. The summed E-state index contributed by atoms with van der Waals surface area (Å²) < 4.78 is 5.24. The number of amides is 1. The molecule has 0 bridgehead atoms. The summed E-state index contributed by atoms with van der Waals surface area (Å²) in [5.41, 5.74) is 0.955. The van der Waals surface area contributed by atoms with E-state index in [2.05, 4.69) is 6.07 Å². The zero-order valence-electron chi connectivity index (χ0n) is 10.2. The van der Waals surface area contributed by atoms with Crippen LogP contribution in [-0.2, 0) is 11.3 Å². The molecule has 0 saturated carbocycles. The third-order valence-corrected chi connectivity index (χ3v) is 3.09. The van der Waals surface area contributed by atoms with E-state index >= 15 is 0 Å². The minimum Gasteiger partial charge on any atom is -0.445 e. The highest BCUT2D eigenvalue weighted by Crippen LogP contribution is 2.17. The van der Waals surface area contributed by atoms with E-state index in [9.17, 15) is 4.79 Å². The highest BCUT2D eigenvalue weighted by Gasteiger charge is 2.27. The van der Waals surface area contributed by atoms with Crippen molar-refractivity contribution in [3.63, 3.8) is 0 Å². The predicted octanol–water partition coefficient (Wildman–Crippen LogP) is 2.70. The van der Waals surface area contributed by atoms with Crippen LogP contribution < -0.4 is 0 Å². The van der Waals surface area contributed by atoms with Gasteiger partial charge in [0.1, 0.15) is 12.6 Å². The summed E-state index contributed by atoms with van der Waals surface area (Å²) in [6.07, 6.45) is 2.31. The van der Waals surface area contributed by atoms with E-state index in [1.54, 1.807) is 0 Å². The first kappa shape index (κ1) is 12.4. The summed E-state index contributed by atoms with van der Waals surface area (Å²) in [4.78, 5) is 13.4. The van der Waals surface area contributed by atoms with Gasteiger partial charge in [-0.3, -0.25) is 4.90 Å². The van der Waals surface area contributed by atoms with Crippen LogP contribution in [0.25, 0.3) is 0 Å². The fourth-order valence-corrected chi connectivity index (χ4v) is 2.09. The van der Waals surface area contributed by atoms with Crippen molar-refractivity contribution < 1.29 is 9.53 Å². The Kier molecular flexibility index (Phi) is 4.19. The molecule has 1 aliphatic rings. The second-order valence-corrected chi connectivity index (χ2v) is 4.37. The van der Waals surface area contributed by atoms with Crippen molar-refractivity contribution in [3.05, 3.63) is 35.9 Å². The van der Waals surface area contributed by atoms with Crippen LogP contribution in [0.4, 0.5) is 4.79 Å². The van der Waals surface area contributed by atoms with Crippen LogP contribution in [0, 0.1) is 11.3 Å². The molecule has 94 valence electrons. The monoisotopic (exact) mass is 244 g/mol. The Morgan fingerprint density at radius 1 is 1.39 bits per heavy atom. The standard InChI is InChI=1S/C14H16N2O2/c15-10-13-8-4-5-9-16(13)14(17)18-11-12-6-2-1-3-7-12/h1-3,6-7,13H,4-5,8-9,11H2. The third kappa shape index (κ3) is 3.01. The van der Waals surface area contributed by atoms with E-state index in [1.165, 1.54) is 4.90 Å². The number of hydrogen-bond acceptors (Lipinski definition) is 3. The molecule has 18 heavy (non-hydrogen) atoms. The molecule has 1 unspecified atom stereocenters. The van der Waals surface area contributed by atoms with Crippen molar-refractivity contribution in [3.8, 4) is 6.07 Å². The van der Waals surface area contributed by atoms with Gasteiger partial charge in [0.2, 0.25) is 0 Å². The molecule has 0 aliphatic carbocycles. The average molecular weight is 244 g/mol. The molecule has 2 rings (SSSR count). The van der Waals surface area contributed by atoms with Crippen molar-refractivity contribution >= 4 is 6.09 Å². The molecular formula is C14H16N2O2. The van der Waals surface area contributed by atoms with E-state index in [0.29, 0.717) is 6.54 Å². The molecule has 1 fully saturated rings. The number of likely N-dealkylation sites (tertiary alicyclic amines) is 1. The number of nitrogens with zero attached hydrogens (tertiary/aromatic N) is 2. The Morgan fingerprint density at radius 3 is 2.89 bits per heavy atom. The van der Waals surface area contributed by atoms with Gasteiger partial charge in [-0.05, 0) is 24.8 Å². The van der Waals surface area contributed by atoms with Crippen LogP contribution in [0.15, 0.2) is 30.3 Å². The number of piperidine rings is 1. The lowest BCUT2D eigenvalue weighted by molar-refractivity contribution is 0.0788. The molecule has 1 aromatic rings. The Balaban J connectivity index is 1.89. The molecule has 0 radical (unpaired) electrons. The fourth-order valence-electron chi connectivity index (χ4n) is 2.09. The van der Waals surface area contributed by atoms with E-state index < -0.39 is 0 Å². The highest BCUT2D eigenvalue weighted by atomic mass is 16.6. The lowest BCUT2D eigenvalue weighted by Gasteiger charge is -2.30. The first-order valence-electron chi connectivity index (χ1n) is 6.18. The smallest absolute Gasteiger partial charge is 0.411 e. The van der Waals surface area contributed by atoms with Gasteiger partial charge in [-0.15, -0.1) is 0 Å². The van der Waals surface area contributed by atoms with Crippen molar-refractivity contribution in [1.29, 1.82) is 5.26 Å². The van der Waals surface area contributed by atoms with Gasteiger partial charge < -0.3 is 4.74 Å². The summed E-state index contributed by atoms with van der Waals surface area (Å²) in [6.45, 7) is 0.875. The highest BCUT2D eigenvalue weighted by molar-refractivity contribution is 5.68. The molecule has 4 heteroatoms. The minimum atomic E-state index is -0.384. The van der Waals surface area contributed by atoms with Gasteiger partial charge in [0, 0.05) is 6.54 Å². The number of nitriles is 1. The normalized spacial score (nSPS) is 19.1. The summed E-state index contributed by atoms with van der Waals surface area (Å²) >= 11 is 0. The Hall–Kier alpha value is -2.02. The van der Waals surface area contributed by atoms with Crippen LogP contribution in [0.1, 0.15) is 24.8 Å². The maximum absolute atomic E-state index is 11.9.